The van der Waals surface area contributed by atoms with Gasteiger partial charge in [0.1, 0.15) is 5.75 Å². The fourth-order valence-electron chi connectivity index (χ4n) is 4.90. The van der Waals surface area contributed by atoms with Crippen LogP contribution in [0.1, 0.15) is 53.2 Å². The number of carbonyl (C=O) groups excluding carboxylic acids is 1. The molecule has 3 aromatic rings. The number of hydrogen-bond donors (Lipinski definition) is 2. The SMILES string of the molecule is Cc1c(C(C(=O)O)C2CCCC2)c2c(F)c(O)ccc2n1C(=O)c1ccc(OC(F)(F)F)cc1. The molecule has 0 amide bonds. The summed E-state index contributed by atoms with van der Waals surface area (Å²) < 4.78 is 57.4. The van der Waals surface area contributed by atoms with Gasteiger partial charge in [0.2, 0.25) is 0 Å². The van der Waals surface area contributed by atoms with Gasteiger partial charge in [-0.05, 0) is 67.6 Å². The molecule has 2 N–H and O–H groups in total. The third kappa shape index (κ3) is 4.20. The summed E-state index contributed by atoms with van der Waals surface area (Å²) in [5.41, 5.74) is 0.363. The lowest BCUT2D eigenvalue weighted by Gasteiger charge is -2.20. The summed E-state index contributed by atoms with van der Waals surface area (Å²) in [6, 6.07) is 6.61. The molecule has 10 heteroatoms. The highest BCUT2D eigenvalue weighted by molar-refractivity contribution is 6.05. The molecule has 1 saturated carbocycles. The van der Waals surface area contributed by atoms with Gasteiger partial charge in [0.25, 0.3) is 5.91 Å². The van der Waals surface area contributed by atoms with E-state index in [1.807, 2.05) is 0 Å². The Labute approximate surface area is 191 Å². The third-order valence-corrected chi connectivity index (χ3v) is 6.32. The Balaban J connectivity index is 1.87. The average Bonchev–Trinajstić information content (AvgIpc) is 3.37. The number of aliphatic carboxylic acids is 1. The zero-order chi connectivity index (χ0) is 24.8. The maximum absolute atomic E-state index is 15.1. The number of carbonyl (C=O) groups is 2. The fraction of sp³-hybridized carbons (Fsp3) is 0.333. The van der Waals surface area contributed by atoms with Gasteiger partial charge in [0.05, 0.1) is 11.4 Å². The Kier molecular flexibility index (Phi) is 6.01. The van der Waals surface area contributed by atoms with E-state index in [9.17, 15) is 33.0 Å². The van der Waals surface area contributed by atoms with Crippen molar-refractivity contribution in [2.45, 2.75) is 44.9 Å². The minimum absolute atomic E-state index is 0.0118. The molecule has 180 valence electrons. The van der Waals surface area contributed by atoms with E-state index in [2.05, 4.69) is 4.74 Å². The van der Waals surface area contributed by atoms with Crippen LogP contribution in [0.4, 0.5) is 17.6 Å². The van der Waals surface area contributed by atoms with E-state index in [1.54, 1.807) is 0 Å². The van der Waals surface area contributed by atoms with Crippen LogP contribution in [0.15, 0.2) is 36.4 Å². The van der Waals surface area contributed by atoms with Gasteiger partial charge in [0.15, 0.2) is 11.6 Å². The lowest BCUT2D eigenvalue weighted by Crippen LogP contribution is -2.21. The molecule has 1 unspecified atom stereocenters. The van der Waals surface area contributed by atoms with Crippen molar-refractivity contribution in [3.05, 3.63) is 59.0 Å². The van der Waals surface area contributed by atoms with Crippen LogP contribution in [0.3, 0.4) is 0 Å². The molecule has 1 aromatic heterocycles. The van der Waals surface area contributed by atoms with Crippen molar-refractivity contribution >= 4 is 22.8 Å². The second-order valence-corrected chi connectivity index (χ2v) is 8.37. The standard InChI is InChI=1S/C24H21F4NO5/c1-12-18(19(23(32)33)13-4-2-3-5-13)20-16(10-11-17(30)21(20)25)29(12)22(31)14-6-8-15(9-7-14)34-24(26,27)28/h6-11,13,19,30H,2-5H2,1H3,(H,32,33). The Hall–Kier alpha value is -3.56. The second-order valence-electron chi connectivity index (χ2n) is 8.37. The van der Waals surface area contributed by atoms with Crippen molar-refractivity contribution in [1.82, 2.24) is 4.57 Å². The van der Waals surface area contributed by atoms with E-state index in [1.165, 1.54) is 13.0 Å². The van der Waals surface area contributed by atoms with Gasteiger partial charge in [-0.3, -0.25) is 14.2 Å². The quantitative estimate of drug-likeness (QED) is 0.456. The summed E-state index contributed by atoms with van der Waals surface area (Å²) in [6.45, 7) is 1.50. The van der Waals surface area contributed by atoms with Crippen molar-refractivity contribution in [1.29, 1.82) is 0 Å². The summed E-state index contributed by atoms with van der Waals surface area (Å²) in [7, 11) is 0. The number of alkyl halides is 3. The highest BCUT2D eigenvalue weighted by atomic mass is 19.4. The van der Waals surface area contributed by atoms with Gasteiger partial charge in [-0.25, -0.2) is 4.39 Å². The van der Waals surface area contributed by atoms with Crippen molar-refractivity contribution < 1.29 is 42.1 Å². The van der Waals surface area contributed by atoms with Crippen LogP contribution in [-0.2, 0) is 4.79 Å². The number of fused-ring (bicyclic) bond motifs is 1. The van der Waals surface area contributed by atoms with Crippen LogP contribution >= 0.6 is 0 Å². The Bertz CT molecular complexity index is 1260. The fourth-order valence-corrected chi connectivity index (χ4v) is 4.90. The normalized spacial score (nSPS) is 15.6. The molecule has 1 aliphatic carbocycles. The zero-order valence-corrected chi connectivity index (χ0v) is 18.0. The molecular weight excluding hydrogens is 458 g/mol. The molecule has 1 aliphatic rings. The molecule has 0 aliphatic heterocycles. The van der Waals surface area contributed by atoms with Crippen molar-refractivity contribution in [3.63, 3.8) is 0 Å². The van der Waals surface area contributed by atoms with Crippen LogP contribution in [0.2, 0.25) is 0 Å². The molecule has 0 radical (unpaired) electrons. The molecule has 0 spiro atoms. The van der Waals surface area contributed by atoms with Crippen LogP contribution in [0, 0.1) is 18.7 Å². The van der Waals surface area contributed by atoms with Crippen LogP contribution in [-0.4, -0.2) is 33.0 Å². The number of nitrogens with zero attached hydrogens (tertiary/aromatic N) is 1. The van der Waals surface area contributed by atoms with E-state index in [0.29, 0.717) is 12.8 Å². The molecule has 1 atom stereocenters. The predicted octanol–water partition coefficient (Wildman–Crippen LogP) is 5.74. The number of rotatable bonds is 5. The van der Waals surface area contributed by atoms with Gasteiger partial charge in [-0.1, -0.05) is 12.8 Å². The minimum Gasteiger partial charge on any atom is -0.505 e. The van der Waals surface area contributed by atoms with Crippen molar-refractivity contribution in [2.75, 3.05) is 0 Å². The summed E-state index contributed by atoms with van der Waals surface area (Å²) in [5.74, 6) is -5.40. The number of benzene rings is 2. The largest absolute Gasteiger partial charge is 0.573 e. The second kappa shape index (κ2) is 8.66. The van der Waals surface area contributed by atoms with E-state index in [4.69, 9.17) is 0 Å². The van der Waals surface area contributed by atoms with Crippen LogP contribution in [0.25, 0.3) is 10.9 Å². The van der Waals surface area contributed by atoms with E-state index in [0.717, 1.165) is 47.7 Å². The molecule has 0 bridgehead atoms. The maximum atomic E-state index is 15.1. The number of carboxylic acid groups (broad SMARTS) is 1. The number of carboxylic acids is 1. The van der Waals surface area contributed by atoms with Gasteiger partial charge in [-0.15, -0.1) is 13.2 Å². The predicted molar refractivity (Wildman–Crippen MR) is 113 cm³/mol. The van der Waals surface area contributed by atoms with E-state index >= 15 is 4.39 Å². The summed E-state index contributed by atoms with van der Waals surface area (Å²) >= 11 is 0. The summed E-state index contributed by atoms with van der Waals surface area (Å²) in [4.78, 5) is 25.7. The third-order valence-electron chi connectivity index (χ3n) is 6.32. The summed E-state index contributed by atoms with van der Waals surface area (Å²) in [5, 5.41) is 19.9. The first-order valence-electron chi connectivity index (χ1n) is 10.6. The first-order valence-corrected chi connectivity index (χ1v) is 10.6. The van der Waals surface area contributed by atoms with E-state index in [-0.39, 0.29) is 33.6 Å². The molecule has 4 rings (SSSR count). The molecule has 1 fully saturated rings. The Morgan fingerprint density at radius 2 is 1.71 bits per heavy atom. The van der Waals surface area contributed by atoms with Gasteiger partial charge < -0.3 is 14.9 Å². The smallest absolute Gasteiger partial charge is 0.505 e. The minimum atomic E-state index is -4.89. The van der Waals surface area contributed by atoms with Crippen molar-refractivity contribution in [3.8, 4) is 11.5 Å². The number of ether oxygens (including phenoxy) is 1. The monoisotopic (exact) mass is 479 g/mol. The topological polar surface area (TPSA) is 88.8 Å². The highest BCUT2D eigenvalue weighted by Gasteiger charge is 2.38. The number of aromatic hydroxyl groups is 1. The first kappa shape index (κ1) is 23.6. The molecule has 0 saturated heterocycles. The Morgan fingerprint density at radius 3 is 2.26 bits per heavy atom. The zero-order valence-electron chi connectivity index (χ0n) is 18.0. The molecule has 2 aromatic carbocycles. The van der Waals surface area contributed by atoms with E-state index < -0.39 is 41.5 Å². The Morgan fingerprint density at radius 1 is 1.09 bits per heavy atom. The van der Waals surface area contributed by atoms with Crippen molar-refractivity contribution in [2.24, 2.45) is 5.92 Å². The van der Waals surface area contributed by atoms with Gasteiger partial charge >= 0.3 is 12.3 Å². The number of phenols is 1. The lowest BCUT2D eigenvalue weighted by atomic mass is 9.83. The maximum Gasteiger partial charge on any atom is 0.573 e. The molecule has 34 heavy (non-hydrogen) atoms. The van der Waals surface area contributed by atoms with Gasteiger partial charge in [0, 0.05) is 16.6 Å². The molecule has 1 heterocycles. The summed E-state index contributed by atoms with van der Waals surface area (Å²) in [6.07, 6.45) is -1.94. The van der Waals surface area contributed by atoms with Gasteiger partial charge in [-0.2, -0.15) is 0 Å². The molecular formula is C24H21F4NO5. The number of halogens is 4. The average molecular weight is 479 g/mol. The first-order chi connectivity index (χ1) is 16.0. The number of hydrogen-bond acceptors (Lipinski definition) is 4. The number of aromatic nitrogens is 1. The number of phenolic OH excluding ortho intramolecular Hbond substituents is 1. The van der Waals surface area contributed by atoms with Crippen LogP contribution < -0.4 is 4.74 Å². The molecule has 6 nitrogen and oxygen atoms in total. The van der Waals surface area contributed by atoms with Crippen LogP contribution in [0.5, 0.6) is 11.5 Å². The lowest BCUT2D eigenvalue weighted by molar-refractivity contribution is -0.274. The highest BCUT2D eigenvalue weighted by Crippen LogP contribution is 2.44.